The van der Waals surface area contributed by atoms with Crippen LogP contribution in [0.1, 0.15) is 5.56 Å². The van der Waals surface area contributed by atoms with Gasteiger partial charge in [-0.2, -0.15) is 0 Å². The van der Waals surface area contributed by atoms with Crippen molar-refractivity contribution in [2.45, 2.75) is 6.54 Å². The SMILES string of the molecule is C=C(Cn1ccnc1)c1cc(Cl)ccc1O. The highest BCUT2D eigenvalue weighted by molar-refractivity contribution is 6.30. The molecule has 1 aromatic carbocycles. The van der Waals surface area contributed by atoms with Crippen molar-refractivity contribution in [2.24, 2.45) is 0 Å². The van der Waals surface area contributed by atoms with Gasteiger partial charge in [-0.05, 0) is 23.8 Å². The molecular formula is C12H11ClN2O. The molecular weight excluding hydrogens is 224 g/mol. The van der Waals surface area contributed by atoms with Crippen LogP contribution in [0.3, 0.4) is 0 Å². The maximum Gasteiger partial charge on any atom is 0.123 e. The van der Waals surface area contributed by atoms with E-state index in [-0.39, 0.29) is 5.75 Å². The van der Waals surface area contributed by atoms with Crippen LogP contribution in [0.4, 0.5) is 0 Å². The van der Waals surface area contributed by atoms with E-state index in [4.69, 9.17) is 11.6 Å². The normalized spacial score (nSPS) is 10.3. The highest BCUT2D eigenvalue weighted by Crippen LogP contribution is 2.27. The summed E-state index contributed by atoms with van der Waals surface area (Å²) < 4.78 is 1.88. The Morgan fingerprint density at radius 1 is 1.50 bits per heavy atom. The molecule has 0 atom stereocenters. The number of halogens is 1. The third-order valence-corrected chi connectivity index (χ3v) is 2.51. The fourth-order valence-electron chi connectivity index (χ4n) is 1.48. The molecule has 0 aliphatic carbocycles. The van der Waals surface area contributed by atoms with Gasteiger partial charge in [0, 0.05) is 29.5 Å². The second-order valence-electron chi connectivity index (χ2n) is 3.50. The zero-order chi connectivity index (χ0) is 11.5. The number of allylic oxidation sites excluding steroid dienone is 1. The Kier molecular flexibility index (Phi) is 2.97. The van der Waals surface area contributed by atoms with Crippen molar-refractivity contribution in [3.8, 4) is 5.75 Å². The van der Waals surface area contributed by atoms with Crippen LogP contribution in [-0.2, 0) is 6.54 Å². The molecule has 0 bridgehead atoms. The zero-order valence-electron chi connectivity index (χ0n) is 8.60. The molecule has 1 aromatic heterocycles. The standard InChI is InChI=1S/C12H11ClN2O/c1-9(7-15-5-4-14-8-15)11-6-10(13)2-3-12(11)16/h2-6,8,16H,1,7H2. The molecule has 0 unspecified atom stereocenters. The lowest BCUT2D eigenvalue weighted by Gasteiger charge is -2.09. The molecule has 0 fully saturated rings. The Hall–Kier alpha value is -1.74. The summed E-state index contributed by atoms with van der Waals surface area (Å²) in [5.74, 6) is 0.189. The molecule has 1 heterocycles. The first-order chi connectivity index (χ1) is 7.66. The molecule has 4 heteroatoms. The number of rotatable bonds is 3. The molecule has 16 heavy (non-hydrogen) atoms. The van der Waals surface area contributed by atoms with Gasteiger partial charge in [-0.25, -0.2) is 4.98 Å². The molecule has 2 aromatic rings. The van der Waals surface area contributed by atoms with Crippen molar-refractivity contribution < 1.29 is 5.11 Å². The van der Waals surface area contributed by atoms with Crippen LogP contribution in [-0.4, -0.2) is 14.7 Å². The molecule has 2 rings (SSSR count). The van der Waals surface area contributed by atoms with Crippen molar-refractivity contribution in [3.63, 3.8) is 0 Å². The lowest BCUT2D eigenvalue weighted by molar-refractivity contribution is 0.473. The van der Waals surface area contributed by atoms with Crippen LogP contribution >= 0.6 is 11.6 Å². The fourth-order valence-corrected chi connectivity index (χ4v) is 1.65. The second-order valence-corrected chi connectivity index (χ2v) is 3.94. The van der Waals surface area contributed by atoms with Gasteiger partial charge in [-0.15, -0.1) is 0 Å². The van der Waals surface area contributed by atoms with E-state index in [2.05, 4.69) is 11.6 Å². The molecule has 0 saturated heterocycles. The summed E-state index contributed by atoms with van der Waals surface area (Å²) in [6, 6.07) is 4.91. The predicted octanol–water partition coefficient (Wildman–Crippen LogP) is 2.96. The van der Waals surface area contributed by atoms with Gasteiger partial charge < -0.3 is 9.67 Å². The minimum Gasteiger partial charge on any atom is -0.507 e. The number of benzene rings is 1. The average molecular weight is 235 g/mol. The number of hydrogen-bond donors (Lipinski definition) is 1. The van der Waals surface area contributed by atoms with E-state index in [9.17, 15) is 5.11 Å². The minimum absolute atomic E-state index is 0.189. The highest BCUT2D eigenvalue weighted by atomic mass is 35.5. The van der Waals surface area contributed by atoms with Gasteiger partial charge in [-0.1, -0.05) is 18.2 Å². The number of phenolic OH excluding ortho intramolecular Hbond substituents is 1. The van der Waals surface area contributed by atoms with Crippen LogP contribution in [0, 0.1) is 0 Å². The van der Waals surface area contributed by atoms with E-state index >= 15 is 0 Å². The summed E-state index contributed by atoms with van der Waals surface area (Å²) in [6.07, 6.45) is 5.24. The van der Waals surface area contributed by atoms with Crippen LogP contribution in [0.15, 0.2) is 43.5 Å². The number of phenols is 1. The number of nitrogens with zero attached hydrogens (tertiary/aromatic N) is 2. The summed E-state index contributed by atoms with van der Waals surface area (Å²) in [7, 11) is 0. The quantitative estimate of drug-likeness (QED) is 0.887. The molecule has 0 aliphatic rings. The highest BCUT2D eigenvalue weighted by Gasteiger charge is 2.06. The fraction of sp³-hybridized carbons (Fsp3) is 0.0833. The second kappa shape index (κ2) is 4.41. The monoisotopic (exact) mass is 234 g/mol. The van der Waals surface area contributed by atoms with E-state index < -0.39 is 0 Å². The van der Waals surface area contributed by atoms with Crippen molar-refractivity contribution in [1.29, 1.82) is 0 Å². The molecule has 0 aliphatic heterocycles. The van der Waals surface area contributed by atoms with E-state index in [0.717, 1.165) is 5.57 Å². The van der Waals surface area contributed by atoms with E-state index in [1.165, 1.54) is 0 Å². The lowest BCUT2D eigenvalue weighted by Crippen LogP contribution is -1.97. The first-order valence-electron chi connectivity index (χ1n) is 4.79. The van der Waals surface area contributed by atoms with Gasteiger partial charge in [-0.3, -0.25) is 0 Å². The Balaban J connectivity index is 2.24. The number of imidazole rings is 1. The van der Waals surface area contributed by atoms with Crippen LogP contribution in [0.25, 0.3) is 5.57 Å². The number of hydrogen-bond acceptors (Lipinski definition) is 2. The topological polar surface area (TPSA) is 38.0 Å². The van der Waals surface area contributed by atoms with Crippen LogP contribution in [0.2, 0.25) is 5.02 Å². The van der Waals surface area contributed by atoms with Gasteiger partial charge in [0.15, 0.2) is 0 Å². The van der Waals surface area contributed by atoms with Gasteiger partial charge in [0.25, 0.3) is 0 Å². The summed E-state index contributed by atoms with van der Waals surface area (Å²) in [5, 5.41) is 10.3. The average Bonchev–Trinajstić information content (AvgIpc) is 2.74. The van der Waals surface area contributed by atoms with Crippen molar-refractivity contribution in [1.82, 2.24) is 9.55 Å². The predicted molar refractivity (Wildman–Crippen MR) is 64.4 cm³/mol. The summed E-state index contributed by atoms with van der Waals surface area (Å²) in [6.45, 7) is 4.51. The number of aromatic nitrogens is 2. The zero-order valence-corrected chi connectivity index (χ0v) is 9.35. The molecule has 3 nitrogen and oxygen atoms in total. The largest absolute Gasteiger partial charge is 0.507 e. The minimum atomic E-state index is 0.189. The van der Waals surface area contributed by atoms with Crippen molar-refractivity contribution >= 4 is 17.2 Å². The smallest absolute Gasteiger partial charge is 0.123 e. The third-order valence-electron chi connectivity index (χ3n) is 2.27. The van der Waals surface area contributed by atoms with Gasteiger partial charge in [0.05, 0.1) is 6.33 Å². The Morgan fingerprint density at radius 2 is 2.31 bits per heavy atom. The van der Waals surface area contributed by atoms with E-state index in [1.807, 2.05) is 10.8 Å². The van der Waals surface area contributed by atoms with Gasteiger partial charge in [0.2, 0.25) is 0 Å². The molecule has 82 valence electrons. The van der Waals surface area contributed by atoms with E-state index in [0.29, 0.717) is 17.1 Å². The van der Waals surface area contributed by atoms with Crippen LogP contribution < -0.4 is 0 Å². The van der Waals surface area contributed by atoms with Gasteiger partial charge in [0.1, 0.15) is 5.75 Å². The summed E-state index contributed by atoms with van der Waals surface area (Å²) >= 11 is 5.87. The lowest BCUT2D eigenvalue weighted by atomic mass is 10.1. The molecule has 0 spiro atoms. The Bertz CT molecular complexity index is 506. The first kappa shape index (κ1) is 10.8. The maximum absolute atomic E-state index is 9.69. The molecule has 0 saturated carbocycles. The molecule has 0 amide bonds. The van der Waals surface area contributed by atoms with Crippen molar-refractivity contribution in [3.05, 3.63) is 54.1 Å². The Morgan fingerprint density at radius 3 is 3.00 bits per heavy atom. The van der Waals surface area contributed by atoms with Crippen molar-refractivity contribution in [2.75, 3.05) is 0 Å². The summed E-state index contributed by atoms with van der Waals surface area (Å²) in [4.78, 5) is 3.94. The molecule has 0 radical (unpaired) electrons. The van der Waals surface area contributed by atoms with Gasteiger partial charge >= 0.3 is 0 Å². The van der Waals surface area contributed by atoms with Crippen LogP contribution in [0.5, 0.6) is 5.75 Å². The first-order valence-corrected chi connectivity index (χ1v) is 5.17. The Labute approximate surface area is 98.6 Å². The third kappa shape index (κ3) is 2.25. The number of aromatic hydroxyl groups is 1. The van der Waals surface area contributed by atoms with E-state index in [1.54, 1.807) is 30.7 Å². The summed E-state index contributed by atoms with van der Waals surface area (Å²) in [5.41, 5.74) is 1.46. The maximum atomic E-state index is 9.69. The molecule has 1 N–H and O–H groups in total.